The van der Waals surface area contributed by atoms with Gasteiger partial charge >= 0.3 is 12.0 Å². The zero-order valence-electron chi connectivity index (χ0n) is 12.4. The molecule has 2 amide bonds. The lowest BCUT2D eigenvalue weighted by atomic mass is 9.71. The van der Waals surface area contributed by atoms with E-state index in [2.05, 4.69) is 17.6 Å². The largest absolute Gasteiger partial charge is 0.481 e. The van der Waals surface area contributed by atoms with Crippen molar-refractivity contribution in [2.45, 2.75) is 58.9 Å². The van der Waals surface area contributed by atoms with Crippen LogP contribution in [0.1, 0.15) is 53.4 Å². The van der Waals surface area contributed by atoms with Crippen LogP contribution in [-0.2, 0) is 4.79 Å². The number of amides is 2. The van der Waals surface area contributed by atoms with E-state index < -0.39 is 11.4 Å². The molecule has 1 rings (SSSR count). The summed E-state index contributed by atoms with van der Waals surface area (Å²) >= 11 is 0. The Kier molecular flexibility index (Phi) is 4.82. The molecule has 0 unspecified atom stereocenters. The van der Waals surface area contributed by atoms with Crippen LogP contribution in [0.3, 0.4) is 0 Å². The SMILES string of the molecule is CC1CCC(CNC(=O)NC(C)(C)C)(C(=O)O)CC1. The first-order chi connectivity index (χ1) is 8.65. The van der Waals surface area contributed by atoms with Gasteiger partial charge in [-0.15, -0.1) is 0 Å². The summed E-state index contributed by atoms with van der Waals surface area (Å²) in [5.41, 5.74) is -1.11. The second-order valence-electron chi connectivity index (χ2n) is 6.83. The smallest absolute Gasteiger partial charge is 0.315 e. The summed E-state index contributed by atoms with van der Waals surface area (Å²) in [7, 11) is 0. The topological polar surface area (TPSA) is 78.4 Å². The van der Waals surface area contributed by atoms with Gasteiger partial charge in [-0.2, -0.15) is 0 Å². The fourth-order valence-electron chi connectivity index (χ4n) is 2.42. The van der Waals surface area contributed by atoms with E-state index in [4.69, 9.17) is 0 Å². The normalized spacial score (nSPS) is 27.7. The number of aliphatic carboxylic acids is 1. The summed E-state index contributed by atoms with van der Waals surface area (Å²) in [6.45, 7) is 8.02. The Morgan fingerprint density at radius 2 is 1.79 bits per heavy atom. The Morgan fingerprint density at radius 3 is 2.21 bits per heavy atom. The molecule has 0 aliphatic heterocycles. The van der Waals surface area contributed by atoms with Crippen LogP contribution in [0.2, 0.25) is 0 Å². The highest BCUT2D eigenvalue weighted by Gasteiger charge is 2.41. The van der Waals surface area contributed by atoms with Gasteiger partial charge in [-0.05, 0) is 52.4 Å². The summed E-state index contributed by atoms with van der Waals surface area (Å²) in [6.07, 6.45) is 3.10. The van der Waals surface area contributed by atoms with E-state index in [-0.39, 0.29) is 18.1 Å². The van der Waals surface area contributed by atoms with Gasteiger partial charge in [0.1, 0.15) is 0 Å². The molecule has 5 heteroatoms. The number of urea groups is 1. The Bertz CT molecular complexity index is 339. The van der Waals surface area contributed by atoms with Gasteiger partial charge in [0, 0.05) is 12.1 Å². The third-order valence-corrected chi connectivity index (χ3v) is 3.76. The quantitative estimate of drug-likeness (QED) is 0.736. The average Bonchev–Trinajstić information content (AvgIpc) is 2.26. The van der Waals surface area contributed by atoms with Crippen molar-refractivity contribution in [2.75, 3.05) is 6.54 Å². The molecular weight excluding hydrogens is 244 g/mol. The first-order valence-corrected chi connectivity index (χ1v) is 6.94. The molecule has 1 aliphatic carbocycles. The van der Waals surface area contributed by atoms with Crippen LogP contribution >= 0.6 is 0 Å². The van der Waals surface area contributed by atoms with Crippen molar-refractivity contribution >= 4 is 12.0 Å². The van der Waals surface area contributed by atoms with Gasteiger partial charge in [0.05, 0.1) is 5.41 Å². The average molecular weight is 270 g/mol. The molecule has 0 aromatic heterocycles. The summed E-state index contributed by atoms with van der Waals surface area (Å²) in [6, 6.07) is -0.299. The predicted octanol–water partition coefficient (Wildman–Crippen LogP) is 2.37. The van der Waals surface area contributed by atoms with Crippen LogP contribution in [0.4, 0.5) is 4.79 Å². The molecule has 0 radical (unpaired) electrons. The lowest BCUT2D eigenvalue weighted by molar-refractivity contribution is -0.151. The summed E-state index contributed by atoms with van der Waals surface area (Å²) in [5.74, 6) is -0.216. The van der Waals surface area contributed by atoms with Gasteiger partial charge in [0.2, 0.25) is 0 Å². The zero-order valence-corrected chi connectivity index (χ0v) is 12.4. The molecule has 5 nitrogen and oxygen atoms in total. The first kappa shape index (κ1) is 15.8. The van der Waals surface area contributed by atoms with Crippen molar-refractivity contribution in [1.82, 2.24) is 10.6 Å². The predicted molar refractivity (Wildman–Crippen MR) is 74.0 cm³/mol. The molecule has 110 valence electrons. The highest BCUT2D eigenvalue weighted by Crippen LogP contribution is 2.38. The van der Waals surface area contributed by atoms with Crippen molar-refractivity contribution < 1.29 is 14.7 Å². The minimum absolute atomic E-state index is 0.205. The van der Waals surface area contributed by atoms with Crippen molar-refractivity contribution in [2.24, 2.45) is 11.3 Å². The Labute approximate surface area is 115 Å². The lowest BCUT2D eigenvalue weighted by Gasteiger charge is -2.36. The third-order valence-electron chi connectivity index (χ3n) is 3.76. The highest BCUT2D eigenvalue weighted by atomic mass is 16.4. The van der Waals surface area contributed by atoms with Gasteiger partial charge in [-0.25, -0.2) is 4.79 Å². The van der Waals surface area contributed by atoms with Crippen LogP contribution in [0.5, 0.6) is 0 Å². The van der Waals surface area contributed by atoms with E-state index in [1.807, 2.05) is 20.8 Å². The molecule has 1 aliphatic rings. The van der Waals surface area contributed by atoms with Crippen LogP contribution in [-0.4, -0.2) is 29.2 Å². The number of hydrogen-bond acceptors (Lipinski definition) is 2. The van der Waals surface area contributed by atoms with E-state index in [0.717, 1.165) is 12.8 Å². The molecule has 0 aromatic carbocycles. The minimum Gasteiger partial charge on any atom is -0.481 e. The molecule has 0 atom stereocenters. The van der Waals surface area contributed by atoms with Crippen molar-refractivity contribution in [1.29, 1.82) is 0 Å². The minimum atomic E-state index is -0.796. The molecule has 0 heterocycles. The summed E-state index contributed by atoms with van der Waals surface area (Å²) in [5, 5.41) is 14.9. The molecule has 19 heavy (non-hydrogen) atoms. The number of carbonyl (C=O) groups is 2. The summed E-state index contributed by atoms with van der Waals surface area (Å²) < 4.78 is 0. The number of nitrogens with one attached hydrogen (secondary N) is 2. The van der Waals surface area contributed by atoms with Gasteiger partial charge in [-0.3, -0.25) is 4.79 Å². The monoisotopic (exact) mass is 270 g/mol. The number of carbonyl (C=O) groups excluding carboxylic acids is 1. The van der Waals surface area contributed by atoms with Crippen LogP contribution in [0.25, 0.3) is 0 Å². The molecule has 3 N–H and O–H groups in total. The fraction of sp³-hybridized carbons (Fsp3) is 0.857. The third kappa shape index (κ3) is 4.73. The van der Waals surface area contributed by atoms with E-state index in [1.165, 1.54) is 0 Å². The van der Waals surface area contributed by atoms with E-state index in [1.54, 1.807) is 0 Å². The second-order valence-corrected chi connectivity index (χ2v) is 6.83. The maximum Gasteiger partial charge on any atom is 0.315 e. The molecule has 1 fully saturated rings. The number of hydrogen-bond donors (Lipinski definition) is 3. The molecule has 0 spiro atoms. The number of carboxylic acids is 1. The zero-order chi connectivity index (χ0) is 14.7. The Balaban J connectivity index is 2.56. The first-order valence-electron chi connectivity index (χ1n) is 6.94. The van der Waals surface area contributed by atoms with E-state index in [0.29, 0.717) is 18.8 Å². The second kappa shape index (κ2) is 5.80. The van der Waals surface area contributed by atoms with Gasteiger partial charge in [-0.1, -0.05) is 6.92 Å². The molecule has 0 aromatic rings. The van der Waals surface area contributed by atoms with E-state index >= 15 is 0 Å². The molecule has 0 saturated heterocycles. The standard InChI is InChI=1S/C14H26N2O3/c1-10-5-7-14(8-6-10,11(17)18)9-15-12(19)16-13(2,3)4/h10H,5-9H2,1-4H3,(H,17,18)(H2,15,16,19). The van der Waals surface area contributed by atoms with Crippen LogP contribution in [0.15, 0.2) is 0 Å². The van der Waals surface area contributed by atoms with Crippen molar-refractivity contribution in [3.63, 3.8) is 0 Å². The number of rotatable bonds is 3. The lowest BCUT2D eigenvalue weighted by Crippen LogP contribution is -2.51. The number of carboxylic acid groups (broad SMARTS) is 1. The van der Waals surface area contributed by atoms with Crippen LogP contribution < -0.4 is 10.6 Å². The Morgan fingerprint density at radius 1 is 1.26 bits per heavy atom. The van der Waals surface area contributed by atoms with Crippen molar-refractivity contribution in [3.05, 3.63) is 0 Å². The molecule has 1 saturated carbocycles. The fourth-order valence-corrected chi connectivity index (χ4v) is 2.42. The highest BCUT2D eigenvalue weighted by molar-refractivity contribution is 5.78. The van der Waals surface area contributed by atoms with E-state index in [9.17, 15) is 14.7 Å². The van der Waals surface area contributed by atoms with Gasteiger partial charge in [0.25, 0.3) is 0 Å². The van der Waals surface area contributed by atoms with Crippen LogP contribution in [0, 0.1) is 11.3 Å². The molecular formula is C14H26N2O3. The summed E-state index contributed by atoms with van der Waals surface area (Å²) in [4.78, 5) is 23.2. The Hall–Kier alpha value is -1.26. The van der Waals surface area contributed by atoms with Gasteiger partial charge in [0.15, 0.2) is 0 Å². The maximum atomic E-state index is 11.7. The van der Waals surface area contributed by atoms with Crippen molar-refractivity contribution in [3.8, 4) is 0 Å². The molecule has 0 bridgehead atoms. The maximum absolute atomic E-state index is 11.7. The van der Waals surface area contributed by atoms with Gasteiger partial charge < -0.3 is 15.7 Å².